The van der Waals surface area contributed by atoms with Gasteiger partial charge in [-0.15, -0.1) is 11.3 Å². The minimum Gasteiger partial charge on any atom is -0.327 e. The Bertz CT molecular complexity index is 614. The zero-order chi connectivity index (χ0) is 15.5. The Hall–Kier alpha value is -0.430. The van der Waals surface area contributed by atoms with Crippen molar-refractivity contribution in [3.05, 3.63) is 15.8 Å². The van der Waals surface area contributed by atoms with Crippen molar-refractivity contribution in [3.63, 3.8) is 0 Å². The molecule has 0 spiro atoms. The van der Waals surface area contributed by atoms with Gasteiger partial charge in [-0.3, -0.25) is 0 Å². The maximum Gasteiger partial charge on any atom is 0.241 e. The Morgan fingerprint density at radius 2 is 1.70 bits per heavy atom. The van der Waals surface area contributed by atoms with Crippen LogP contribution in [0, 0.1) is 24.7 Å². The summed E-state index contributed by atoms with van der Waals surface area (Å²) in [6.07, 6.45) is 0. The van der Waals surface area contributed by atoms with Gasteiger partial charge in [0.25, 0.3) is 0 Å². The molecule has 0 amide bonds. The fraction of sp³-hybridized carbons (Fsp3) is 0.714. The van der Waals surface area contributed by atoms with Crippen molar-refractivity contribution in [1.29, 1.82) is 0 Å². The summed E-state index contributed by atoms with van der Waals surface area (Å²) in [6.45, 7) is 11.8. The van der Waals surface area contributed by atoms with E-state index in [-0.39, 0.29) is 22.9 Å². The summed E-state index contributed by atoms with van der Waals surface area (Å²) in [5, 5.41) is 0. The average molecular weight is 316 g/mol. The van der Waals surface area contributed by atoms with Crippen molar-refractivity contribution < 1.29 is 8.42 Å². The van der Waals surface area contributed by atoms with Gasteiger partial charge in [-0.2, -0.15) is 0 Å². The maximum atomic E-state index is 12.6. The molecule has 0 radical (unpaired) electrons. The Morgan fingerprint density at radius 1 is 1.20 bits per heavy atom. The van der Waals surface area contributed by atoms with Crippen molar-refractivity contribution in [2.75, 3.05) is 0 Å². The molecule has 1 fully saturated rings. The van der Waals surface area contributed by atoms with Gasteiger partial charge in [0.1, 0.15) is 0 Å². The second kappa shape index (κ2) is 4.53. The lowest BCUT2D eigenvalue weighted by Crippen LogP contribution is -2.75. The third kappa shape index (κ3) is 2.22. The van der Waals surface area contributed by atoms with Crippen LogP contribution in [-0.4, -0.2) is 20.5 Å². The summed E-state index contributed by atoms with van der Waals surface area (Å²) in [7, 11) is -3.49. The van der Waals surface area contributed by atoms with Gasteiger partial charge in [-0.25, -0.2) is 13.1 Å². The van der Waals surface area contributed by atoms with E-state index in [1.54, 1.807) is 6.07 Å². The Balaban J connectivity index is 2.33. The van der Waals surface area contributed by atoms with E-state index >= 15 is 0 Å². The Morgan fingerprint density at radius 3 is 2.10 bits per heavy atom. The molecule has 4 nitrogen and oxygen atoms in total. The summed E-state index contributed by atoms with van der Waals surface area (Å²) in [5.74, 6) is 0. The van der Waals surface area contributed by atoms with Crippen LogP contribution < -0.4 is 10.5 Å². The summed E-state index contributed by atoms with van der Waals surface area (Å²) in [5.41, 5.74) is 5.70. The highest BCUT2D eigenvalue weighted by molar-refractivity contribution is 7.89. The first-order valence-corrected chi connectivity index (χ1v) is 9.05. The molecule has 6 heteroatoms. The van der Waals surface area contributed by atoms with Gasteiger partial charge < -0.3 is 5.73 Å². The van der Waals surface area contributed by atoms with Crippen molar-refractivity contribution in [3.8, 4) is 0 Å². The predicted molar refractivity (Wildman–Crippen MR) is 83.4 cm³/mol. The van der Waals surface area contributed by atoms with E-state index in [0.717, 1.165) is 9.75 Å². The van der Waals surface area contributed by atoms with Crippen molar-refractivity contribution in [2.45, 2.75) is 58.5 Å². The zero-order valence-corrected chi connectivity index (χ0v) is 14.6. The molecule has 1 aromatic heterocycles. The van der Waals surface area contributed by atoms with Crippen LogP contribution in [0.25, 0.3) is 0 Å². The van der Waals surface area contributed by atoms with Crippen LogP contribution in [0.1, 0.15) is 37.4 Å². The fourth-order valence-corrected chi connectivity index (χ4v) is 6.68. The first-order valence-electron chi connectivity index (χ1n) is 6.75. The van der Waals surface area contributed by atoms with Crippen LogP contribution >= 0.6 is 11.3 Å². The standard InChI is InChI=1S/C14H24N2O2S2/c1-8-7-10(9(2)19-8)20(17,18)16-12-13(3,4)11(15)14(12,5)6/h7,11-12,16H,15H2,1-6H3. The number of sulfonamides is 1. The Labute approximate surface area is 125 Å². The number of hydrogen-bond donors (Lipinski definition) is 2. The highest BCUT2D eigenvalue weighted by Crippen LogP contribution is 2.53. The van der Waals surface area contributed by atoms with Crippen molar-refractivity contribution in [1.82, 2.24) is 4.72 Å². The lowest BCUT2D eigenvalue weighted by atomic mass is 9.49. The monoisotopic (exact) mass is 316 g/mol. The molecule has 1 aliphatic rings. The van der Waals surface area contributed by atoms with E-state index < -0.39 is 10.0 Å². The van der Waals surface area contributed by atoms with Gasteiger partial charge in [0.2, 0.25) is 10.0 Å². The van der Waals surface area contributed by atoms with Gasteiger partial charge in [0.05, 0.1) is 4.90 Å². The summed E-state index contributed by atoms with van der Waals surface area (Å²) in [6, 6.07) is 1.56. The van der Waals surface area contributed by atoms with Crippen LogP contribution in [0.3, 0.4) is 0 Å². The van der Waals surface area contributed by atoms with Gasteiger partial charge in [0.15, 0.2) is 0 Å². The molecule has 1 aromatic rings. The molecule has 0 aromatic carbocycles. The van der Waals surface area contributed by atoms with Crippen molar-refractivity contribution >= 4 is 21.4 Å². The van der Waals surface area contributed by atoms with E-state index in [1.807, 2.05) is 41.5 Å². The van der Waals surface area contributed by atoms with Gasteiger partial charge in [-0.1, -0.05) is 27.7 Å². The summed E-state index contributed by atoms with van der Waals surface area (Å²) in [4.78, 5) is 2.23. The highest BCUT2D eigenvalue weighted by Gasteiger charge is 2.61. The molecule has 20 heavy (non-hydrogen) atoms. The number of hydrogen-bond acceptors (Lipinski definition) is 4. The van der Waals surface area contributed by atoms with Crippen molar-refractivity contribution in [2.24, 2.45) is 16.6 Å². The lowest BCUT2D eigenvalue weighted by molar-refractivity contribution is -0.0593. The summed E-state index contributed by atoms with van der Waals surface area (Å²) >= 11 is 1.51. The second-order valence-corrected chi connectivity index (χ2v) is 10.1. The van der Waals surface area contributed by atoms with Gasteiger partial charge >= 0.3 is 0 Å². The third-order valence-corrected chi connectivity index (χ3v) is 7.29. The van der Waals surface area contributed by atoms with Gasteiger partial charge in [0, 0.05) is 21.8 Å². The number of thiophene rings is 1. The maximum absolute atomic E-state index is 12.6. The first kappa shape index (κ1) is 15.9. The average Bonchev–Trinajstić information content (AvgIpc) is 2.65. The largest absolute Gasteiger partial charge is 0.327 e. The van der Waals surface area contributed by atoms with E-state index in [9.17, 15) is 8.42 Å². The SMILES string of the molecule is Cc1cc(S(=O)(=O)NC2C(C)(C)C(N)C2(C)C)c(C)s1. The van der Waals surface area contributed by atoms with E-state index in [2.05, 4.69) is 4.72 Å². The first-order chi connectivity index (χ1) is 8.90. The molecular weight excluding hydrogens is 292 g/mol. The normalized spacial score (nSPS) is 28.1. The van der Waals surface area contributed by atoms with Crippen LogP contribution in [-0.2, 0) is 10.0 Å². The molecule has 1 aliphatic carbocycles. The molecular formula is C14H24N2O2S2. The molecule has 3 N–H and O–H groups in total. The highest BCUT2D eigenvalue weighted by atomic mass is 32.2. The molecule has 0 unspecified atom stereocenters. The number of rotatable bonds is 3. The predicted octanol–water partition coefficient (Wildman–Crippen LogP) is 2.41. The smallest absolute Gasteiger partial charge is 0.241 e. The van der Waals surface area contributed by atoms with Crippen LogP contribution in [0.4, 0.5) is 0 Å². The topological polar surface area (TPSA) is 72.2 Å². The third-order valence-electron chi connectivity index (χ3n) is 4.65. The summed E-state index contributed by atoms with van der Waals surface area (Å²) < 4.78 is 28.1. The molecule has 2 rings (SSSR count). The zero-order valence-electron chi connectivity index (χ0n) is 12.9. The number of aryl methyl sites for hydroxylation is 2. The second-order valence-electron chi connectivity index (χ2n) is 6.95. The number of nitrogens with two attached hydrogens (primary N) is 1. The molecule has 0 aliphatic heterocycles. The van der Waals surface area contributed by atoms with Gasteiger partial charge in [-0.05, 0) is 30.7 Å². The minimum atomic E-state index is -3.49. The van der Waals surface area contributed by atoms with Crippen LogP contribution in [0.15, 0.2) is 11.0 Å². The quantitative estimate of drug-likeness (QED) is 0.899. The van der Waals surface area contributed by atoms with Crippen LogP contribution in [0.5, 0.6) is 0 Å². The van der Waals surface area contributed by atoms with E-state index in [0.29, 0.717) is 4.90 Å². The molecule has 1 heterocycles. The Kier molecular flexibility index (Phi) is 3.61. The molecule has 0 saturated heterocycles. The molecule has 1 saturated carbocycles. The lowest BCUT2D eigenvalue weighted by Gasteiger charge is -2.62. The molecule has 114 valence electrons. The molecule has 0 atom stereocenters. The van der Waals surface area contributed by atoms with E-state index in [1.165, 1.54) is 11.3 Å². The minimum absolute atomic E-state index is 0.0204. The van der Waals surface area contributed by atoms with Crippen LogP contribution in [0.2, 0.25) is 0 Å². The molecule has 0 bridgehead atoms. The fourth-order valence-electron chi connectivity index (χ4n) is 3.58. The van der Waals surface area contributed by atoms with E-state index in [4.69, 9.17) is 5.73 Å². The number of nitrogens with one attached hydrogen (secondary N) is 1.